The maximum atomic E-state index is 12.0. The van der Waals surface area contributed by atoms with E-state index in [2.05, 4.69) is 4.98 Å². The summed E-state index contributed by atoms with van der Waals surface area (Å²) >= 11 is 2.78. The minimum Gasteiger partial charge on any atom is -0.281 e. The fourth-order valence-electron chi connectivity index (χ4n) is 1.31. The van der Waals surface area contributed by atoms with Crippen LogP contribution in [0.15, 0.2) is 28.6 Å². The van der Waals surface area contributed by atoms with Crippen molar-refractivity contribution in [3.05, 3.63) is 46.0 Å². The highest BCUT2D eigenvalue weighted by molar-refractivity contribution is 8.15. The van der Waals surface area contributed by atoms with Gasteiger partial charge in [0, 0.05) is 10.4 Å². The molecule has 1 aromatic carbocycles. The van der Waals surface area contributed by atoms with Gasteiger partial charge in [0.05, 0.1) is 5.69 Å². The van der Waals surface area contributed by atoms with Gasteiger partial charge in [-0.3, -0.25) is 4.79 Å². The fraction of sp³-hybridized carbons (Fsp3) is 0.231. The second-order valence-corrected chi connectivity index (χ2v) is 6.30. The van der Waals surface area contributed by atoms with Crippen molar-refractivity contribution in [3.63, 3.8) is 0 Å². The summed E-state index contributed by atoms with van der Waals surface area (Å²) in [6, 6.07) is 7.62. The smallest absolute Gasteiger partial charge is 0.226 e. The van der Waals surface area contributed by atoms with Crippen LogP contribution in [0.3, 0.4) is 0 Å². The zero-order valence-electron chi connectivity index (χ0n) is 9.98. The minimum absolute atomic E-state index is 0.0544. The number of benzene rings is 1. The summed E-state index contributed by atoms with van der Waals surface area (Å²) in [7, 11) is 0. The molecular formula is C13H13NOS2. The number of hydrogen-bond acceptors (Lipinski definition) is 4. The van der Waals surface area contributed by atoms with Crippen LogP contribution < -0.4 is 0 Å². The standard InChI is InChI=1S/C13H13NOS2/c1-8-4-6-11(7-5-8)12(15)17-13-14-9(2)10(3)16-13/h4-7H,1-3H3. The highest BCUT2D eigenvalue weighted by Crippen LogP contribution is 2.29. The lowest BCUT2D eigenvalue weighted by molar-refractivity contribution is 0.108. The average Bonchev–Trinajstić information content (AvgIpc) is 2.58. The van der Waals surface area contributed by atoms with Gasteiger partial charge >= 0.3 is 0 Å². The van der Waals surface area contributed by atoms with Gasteiger partial charge in [0.15, 0.2) is 4.34 Å². The number of nitrogens with zero attached hydrogens (tertiary/aromatic N) is 1. The lowest BCUT2D eigenvalue weighted by Gasteiger charge is -1.98. The van der Waals surface area contributed by atoms with Crippen molar-refractivity contribution in [2.45, 2.75) is 25.1 Å². The molecule has 4 heteroatoms. The van der Waals surface area contributed by atoms with E-state index >= 15 is 0 Å². The minimum atomic E-state index is 0.0544. The molecule has 0 spiro atoms. The van der Waals surface area contributed by atoms with Gasteiger partial charge in [-0.15, -0.1) is 11.3 Å². The number of rotatable bonds is 2. The van der Waals surface area contributed by atoms with Gasteiger partial charge in [-0.2, -0.15) is 0 Å². The maximum absolute atomic E-state index is 12.0. The van der Waals surface area contributed by atoms with E-state index in [9.17, 15) is 4.79 Å². The summed E-state index contributed by atoms with van der Waals surface area (Å²) in [5.41, 5.74) is 2.90. The number of aromatic nitrogens is 1. The zero-order chi connectivity index (χ0) is 12.4. The predicted molar refractivity (Wildman–Crippen MR) is 73.0 cm³/mol. The summed E-state index contributed by atoms with van der Waals surface area (Å²) in [6.45, 7) is 5.99. The summed E-state index contributed by atoms with van der Waals surface area (Å²) in [5.74, 6) is 0. The van der Waals surface area contributed by atoms with Gasteiger partial charge < -0.3 is 0 Å². The van der Waals surface area contributed by atoms with Gasteiger partial charge in [-0.25, -0.2) is 4.98 Å². The van der Waals surface area contributed by atoms with Crippen LogP contribution in [0.2, 0.25) is 0 Å². The first-order valence-electron chi connectivity index (χ1n) is 5.29. The van der Waals surface area contributed by atoms with Crippen LogP contribution >= 0.6 is 23.1 Å². The SMILES string of the molecule is Cc1ccc(C(=O)Sc2nc(C)c(C)s2)cc1. The lowest BCUT2D eigenvalue weighted by atomic mass is 10.2. The van der Waals surface area contributed by atoms with Gasteiger partial charge in [-0.05, 0) is 32.5 Å². The highest BCUT2D eigenvalue weighted by Gasteiger charge is 2.11. The van der Waals surface area contributed by atoms with Crippen LogP contribution in [0.4, 0.5) is 0 Å². The maximum Gasteiger partial charge on any atom is 0.226 e. The Hall–Kier alpha value is -1.13. The molecule has 0 unspecified atom stereocenters. The molecule has 1 heterocycles. The third-order valence-electron chi connectivity index (χ3n) is 2.48. The fourth-order valence-corrected chi connectivity index (χ4v) is 3.32. The molecule has 0 aliphatic rings. The van der Waals surface area contributed by atoms with Crippen molar-refractivity contribution < 1.29 is 4.79 Å². The Morgan fingerprint density at radius 1 is 1.18 bits per heavy atom. The summed E-state index contributed by atoms with van der Waals surface area (Å²) in [4.78, 5) is 17.5. The number of hydrogen-bond donors (Lipinski definition) is 0. The molecule has 0 saturated heterocycles. The van der Waals surface area contributed by atoms with Crippen LogP contribution in [-0.2, 0) is 0 Å². The predicted octanol–water partition coefficient (Wildman–Crippen LogP) is 4.00. The molecule has 1 aromatic heterocycles. The lowest BCUT2D eigenvalue weighted by Crippen LogP contribution is -1.92. The van der Waals surface area contributed by atoms with E-state index in [4.69, 9.17) is 0 Å². The Kier molecular flexibility index (Phi) is 3.64. The van der Waals surface area contributed by atoms with E-state index in [-0.39, 0.29) is 5.12 Å². The quantitative estimate of drug-likeness (QED) is 0.767. The van der Waals surface area contributed by atoms with E-state index in [1.165, 1.54) is 16.6 Å². The van der Waals surface area contributed by atoms with Crippen molar-refractivity contribution in [2.75, 3.05) is 0 Å². The number of aryl methyl sites for hydroxylation is 3. The Labute approximate surface area is 109 Å². The van der Waals surface area contributed by atoms with Crippen LogP contribution in [0.1, 0.15) is 26.5 Å². The normalized spacial score (nSPS) is 10.5. The first-order valence-corrected chi connectivity index (χ1v) is 6.92. The van der Waals surface area contributed by atoms with E-state index in [1.54, 1.807) is 11.3 Å². The molecule has 0 amide bonds. The van der Waals surface area contributed by atoms with Gasteiger partial charge in [0.1, 0.15) is 0 Å². The molecule has 0 fully saturated rings. The molecule has 2 nitrogen and oxygen atoms in total. The first-order chi connectivity index (χ1) is 8.06. The van der Waals surface area contributed by atoms with E-state index in [0.29, 0.717) is 0 Å². The van der Waals surface area contributed by atoms with Crippen LogP contribution in [0.25, 0.3) is 0 Å². The molecular weight excluding hydrogens is 250 g/mol. The Morgan fingerprint density at radius 3 is 2.35 bits per heavy atom. The van der Waals surface area contributed by atoms with Crippen molar-refractivity contribution in [2.24, 2.45) is 0 Å². The summed E-state index contributed by atoms with van der Waals surface area (Å²) in [5, 5.41) is 0.0544. The third kappa shape index (κ3) is 2.96. The third-order valence-corrected chi connectivity index (χ3v) is 4.53. The van der Waals surface area contributed by atoms with E-state index in [0.717, 1.165) is 21.2 Å². The van der Waals surface area contributed by atoms with Gasteiger partial charge in [-0.1, -0.05) is 29.8 Å². The molecule has 2 aromatic rings. The summed E-state index contributed by atoms with van der Waals surface area (Å²) in [6.07, 6.45) is 0. The molecule has 0 atom stereocenters. The topological polar surface area (TPSA) is 30.0 Å². The Morgan fingerprint density at radius 2 is 1.82 bits per heavy atom. The molecule has 2 rings (SSSR count). The van der Waals surface area contributed by atoms with E-state index < -0.39 is 0 Å². The molecule has 0 N–H and O–H groups in total. The second-order valence-electron chi connectivity index (χ2n) is 3.88. The molecule has 88 valence electrons. The number of carbonyl (C=O) groups excluding carboxylic acids is 1. The van der Waals surface area contributed by atoms with Crippen molar-refractivity contribution >= 4 is 28.2 Å². The van der Waals surface area contributed by atoms with Gasteiger partial charge in [0.2, 0.25) is 5.12 Å². The molecule has 0 radical (unpaired) electrons. The first kappa shape index (κ1) is 12.3. The molecule has 0 aliphatic carbocycles. The molecule has 17 heavy (non-hydrogen) atoms. The summed E-state index contributed by atoms with van der Waals surface area (Å²) < 4.78 is 0.825. The largest absolute Gasteiger partial charge is 0.281 e. The molecule has 0 bridgehead atoms. The number of thiazole rings is 1. The molecule has 0 saturated carbocycles. The van der Waals surface area contributed by atoms with E-state index in [1.807, 2.05) is 45.0 Å². The molecule has 0 aliphatic heterocycles. The Bertz CT molecular complexity index is 524. The zero-order valence-corrected chi connectivity index (χ0v) is 11.6. The van der Waals surface area contributed by atoms with Crippen molar-refractivity contribution in [3.8, 4) is 0 Å². The monoisotopic (exact) mass is 263 g/mol. The Balaban J connectivity index is 2.14. The van der Waals surface area contributed by atoms with Crippen LogP contribution in [0.5, 0.6) is 0 Å². The van der Waals surface area contributed by atoms with Gasteiger partial charge in [0.25, 0.3) is 0 Å². The highest BCUT2D eigenvalue weighted by atomic mass is 32.2. The van der Waals surface area contributed by atoms with Crippen LogP contribution in [-0.4, -0.2) is 10.1 Å². The number of thioether (sulfide) groups is 1. The van der Waals surface area contributed by atoms with Crippen LogP contribution in [0, 0.1) is 20.8 Å². The average molecular weight is 263 g/mol. The second kappa shape index (κ2) is 5.02. The van der Waals surface area contributed by atoms with Crippen molar-refractivity contribution in [1.29, 1.82) is 0 Å². The number of carbonyl (C=O) groups is 1. The van der Waals surface area contributed by atoms with Crippen molar-refractivity contribution in [1.82, 2.24) is 4.98 Å².